The van der Waals surface area contributed by atoms with Crippen LogP contribution < -0.4 is 0 Å². The van der Waals surface area contributed by atoms with E-state index in [0.717, 1.165) is 10.6 Å². The minimum atomic E-state index is -1.81. The van der Waals surface area contributed by atoms with Crippen molar-refractivity contribution < 1.29 is 4.55 Å². The van der Waals surface area contributed by atoms with Crippen LogP contribution in [-0.4, -0.2) is 15.8 Å². The molecule has 2 nitrogen and oxygen atoms in total. The van der Waals surface area contributed by atoms with Gasteiger partial charge in [0.15, 0.2) is 0 Å². The maximum atomic E-state index is 9.81. The van der Waals surface area contributed by atoms with Gasteiger partial charge in [-0.3, -0.25) is 4.98 Å². The van der Waals surface area contributed by atoms with Crippen LogP contribution in [0.4, 0.5) is 0 Å². The van der Waals surface area contributed by atoms with E-state index in [1.807, 2.05) is 19.1 Å². The highest BCUT2D eigenvalue weighted by Crippen LogP contribution is 2.48. The molecule has 0 aliphatic heterocycles. The molecule has 1 heterocycles. The van der Waals surface area contributed by atoms with E-state index in [0.29, 0.717) is 0 Å². The summed E-state index contributed by atoms with van der Waals surface area (Å²) in [7, 11) is -1.81. The molecule has 0 bridgehead atoms. The van der Waals surface area contributed by atoms with Crippen LogP contribution in [0.1, 0.15) is 5.69 Å². The van der Waals surface area contributed by atoms with Gasteiger partial charge in [-0.1, -0.05) is 16.9 Å². The monoisotopic (exact) mass is 183 g/mol. The van der Waals surface area contributed by atoms with Crippen molar-refractivity contribution in [3.05, 3.63) is 36.0 Å². The van der Waals surface area contributed by atoms with Crippen molar-refractivity contribution in [1.29, 1.82) is 0 Å². The fraction of sp³-hybridized carbons (Fsp3) is 0.222. The summed E-state index contributed by atoms with van der Waals surface area (Å²) >= 11 is 0. The minimum absolute atomic E-state index is 0.850. The van der Waals surface area contributed by atoms with E-state index >= 15 is 0 Å². The maximum absolute atomic E-state index is 9.81. The summed E-state index contributed by atoms with van der Waals surface area (Å²) in [5.74, 6) is 0. The lowest BCUT2D eigenvalue weighted by molar-refractivity contribution is 0.640. The highest BCUT2D eigenvalue weighted by molar-refractivity contribution is 8.31. The molecule has 66 valence electrons. The van der Waals surface area contributed by atoms with Gasteiger partial charge in [0.05, 0.1) is 0 Å². The Bertz CT molecular complexity index is 279. The number of aromatic nitrogens is 1. The van der Waals surface area contributed by atoms with Crippen LogP contribution in [0.5, 0.6) is 0 Å². The highest BCUT2D eigenvalue weighted by Gasteiger charge is 2.11. The van der Waals surface area contributed by atoms with Crippen LogP contribution >= 0.6 is 10.3 Å². The first-order valence-electron chi connectivity index (χ1n) is 3.62. The predicted molar refractivity (Wildman–Crippen MR) is 53.6 cm³/mol. The van der Waals surface area contributed by atoms with Crippen LogP contribution in [0.2, 0.25) is 0 Å². The Morgan fingerprint density at radius 2 is 2.25 bits per heavy atom. The molecular weight excluding hydrogens is 170 g/mol. The third-order valence-corrected chi connectivity index (χ3v) is 3.53. The van der Waals surface area contributed by atoms with Crippen molar-refractivity contribution in [3.63, 3.8) is 0 Å². The molecule has 0 fully saturated rings. The molecule has 1 rings (SSSR count). The SMILES string of the molecule is C=CS(C)(O)c1ccc(C)nc1. The predicted octanol–water partition coefficient (Wildman–Crippen LogP) is 2.80. The van der Waals surface area contributed by atoms with Gasteiger partial charge >= 0.3 is 0 Å². The first-order valence-corrected chi connectivity index (χ1v) is 5.68. The van der Waals surface area contributed by atoms with Crippen molar-refractivity contribution in [2.75, 3.05) is 6.26 Å². The average Bonchev–Trinajstić information content (AvgIpc) is 2.05. The summed E-state index contributed by atoms with van der Waals surface area (Å²) in [6, 6.07) is 3.78. The van der Waals surface area contributed by atoms with E-state index in [1.54, 1.807) is 17.9 Å². The summed E-state index contributed by atoms with van der Waals surface area (Å²) in [5.41, 5.74) is 0.956. The Morgan fingerprint density at radius 1 is 1.58 bits per heavy atom. The number of rotatable bonds is 2. The Hall–Kier alpha value is -0.800. The molecule has 0 radical (unpaired) electrons. The lowest BCUT2D eigenvalue weighted by atomic mass is 10.4. The Labute approximate surface area is 74.5 Å². The fourth-order valence-electron chi connectivity index (χ4n) is 0.795. The van der Waals surface area contributed by atoms with Crippen molar-refractivity contribution in [2.24, 2.45) is 0 Å². The van der Waals surface area contributed by atoms with Gasteiger partial charge in [0.2, 0.25) is 0 Å². The second kappa shape index (κ2) is 3.29. The number of aryl methyl sites for hydroxylation is 1. The maximum Gasteiger partial charge on any atom is 0.0415 e. The zero-order valence-electron chi connectivity index (χ0n) is 7.32. The van der Waals surface area contributed by atoms with E-state index in [1.165, 1.54) is 0 Å². The molecule has 1 N–H and O–H groups in total. The van der Waals surface area contributed by atoms with E-state index in [9.17, 15) is 4.55 Å². The van der Waals surface area contributed by atoms with Gasteiger partial charge in [0.1, 0.15) is 0 Å². The van der Waals surface area contributed by atoms with Gasteiger partial charge in [-0.2, -0.15) is 0 Å². The summed E-state index contributed by atoms with van der Waals surface area (Å²) in [6.45, 7) is 5.51. The molecular formula is C9H13NOS. The quantitative estimate of drug-likeness (QED) is 0.764. The highest BCUT2D eigenvalue weighted by atomic mass is 32.3. The van der Waals surface area contributed by atoms with Gasteiger partial charge in [-0.05, 0) is 30.7 Å². The molecule has 3 heteroatoms. The molecule has 1 aromatic heterocycles. The summed E-state index contributed by atoms with van der Waals surface area (Å²) in [6.07, 6.45) is 3.47. The number of hydrogen-bond acceptors (Lipinski definition) is 2. The molecule has 0 aliphatic rings. The van der Waals surface area contributed by atoms with Gasteiger partial charge < -0.3 is 4.55 Å². The fourth-order valence-corrected chi connectivity index (χ4v) is 1.60. The minimum Gasteiger partial charge on any atom is -0.344 e. The van der Waals surface area contributed by atoms with Crippen LogP contribution in [0, 0.1) is 6.92 Å². The van der Waals surface area contributed by atoms with Crippen LogP contribution in [-0.2, 0) is 0 Å². The first-order chi connectivity index (χ1) is 5.56. The molecule has 0 aliphatic carbocycles. The van der Waals surface area contributed by atoms with Crippen molar-refractivity contribution in [1.82, 2.24) is 4.98 Å². The molecule has 0 amide bonds. The standard InChI is InChI=1S/C9H13NOS/c1-4-12(3,11)9-6-5-8(2)10-7-9/h4-7,11H,1H2,2-3H3. The second-order valence-electron chi connectivity index (χ2n) is 2.74. The van der Waals surface area contributed by atoms with E-state index in [-0.39, 0.29) is 0 Å². The molecule has 0 saturated heterocycles. The molecule has 0 saturated carbocycles. The zero-order chi connectivity index (χ0) is 9.19. The number of hydrogen-bond donors (Lipinski definition) is 1. The van der Waals surface area contributed by atoms with E-state index in [4.69, 9.17) is 0 Å². The van der Waals surface area contributed by atoms with Crippen molar-refractivity contribution >= 4 is 10.3 Å². The second-order valence-corrected chi connectivity index (χ2v) is 5.42. The molecule has 1 aromatic rings. The first kappa shape index (κ1) is 9.29. The van der Waals surface area contributed by atoms with Crippen molar-refractivity contribution in [2.45, 2.75) is 11.8 Å². The van der Waals surface area contributed by atoms with Gasteiger partial charge in [0.25, 0.3) is 0 Å². The topological polar surface area (TPSA) is 33.1 Å². The summed E-state index contributed by atoms with van der Waals surface area (Å²) in [4.78, 5) is 4.96. The Kier molecular flexibility index (Phi) is 2.55. The molecule has 1 atom stereocenters. The lowest BCUT2D eigenvalue weighted by Crippen LogP contribution is -1.93. The normalized spacial score (nSPS) is 17.9. The average molecular weight is 183 g/mol. The third-order valence-electron chi connectivity index (χ3n) is 1.69. The summed E-state index contributed by atoms with van der Waals surface area (Å²) in [5, 5.41) is 1.58. The van der Waals surface area contributed by atoms with Gasteiger partial charge in [-0.25, -0.2) is 0 Å². The lowest BCUT2D eigenvalue weighted by Gasteiger charge is -2.24. The summed E-state index contributed by atoms with van der Waals surface area (Å²) < 4.78 is 9.81. The number of nitrogens with zero attached hydrogens (tertiary/aromatic N) is 1. The van der Waals surface area contributed by atoms with Gasteiger partial charge in [0, 0.05) is 16.8 Å². The van der Waals surface area contributed by atoms with Crippen LogP contribution in [0.3, 0.4) is 0 Å². The van der Waals surface area contributed by atoms with Crippen molar-refractivity contribution in [3.8, 4) is 0 Å². The molecule has 0 spiro atoms. The van der Waals surface area contributed by atoms with Gasteiger partial charge in [-0.15, -0.1) is 0 Å². The zero-order valence-corrected chi connectivity index (χ0v) is 8.14. The Morgan fingerprint density at radius 3 is 2.67 bits per heavy atom. The largest absolute Gasteiger partial charge is 0.344 e. The third kappa shape index (κ3) is 1.87. The molecule has 12 heavy (non-hydrogen) atoms. The Balaban J connectivity index is 3.04. The number of pyridine rings is 1. The van der Waals surface area contributed by atoms with E-state index in [2.05, 4.69) is 11.6 Å². The molecule has 0 aromatic carbocycles. The van der Waals surface area contributed by atoms with Crippen LogP contribution in [0.15, 0.2) is 35.2 Å². The van der Waals surface area contributed by atoms with E-state index < -0.39 is 10.3 Å². The molecule has 1 unspecified atom stereocenters. The smallest absolute Gasteiger partial charge is 0.0415 e. The van der Waals surface area contributed by atoms with Crippen LogP contribution in [0.25, 0.3) is 0 Å².